The molecule has 0 N–H and O–H groups in total. The Bertz CT molecular complexity index is 1020. The van der Waals surface area contributed by atoms with Gasteiger partial charge in [-0.1, -0.05) is 211 Å². The van der Waals surface area contributed by atoms with Crippen LogP contribution < -0.4 is 0 Å². The van der Waals surface area contributed by atoms with E-state index in [1.54, 1.807) is 0 Å². The lowest BCUT2D eigenvalue weighted by molar-refractivity contribution is -0.167. The Labute approximate surface area is 372 Å². The lowest BCUT2D eigenvalue weighted by Gasteiger charge is -2.18. The molecular formula is C54H98O6. The zero-order valence-electron chi connectivity index (χ0n) is 40.0. The van der Waals surface area contributed by atoms with Crippen molar-refractivity contribution in [1.82, 2.24) is 0 Å². The minimum atomic E-state index is -0.778. The fraction of sp³-hybridized carbons (Fsp3) is 0.833. The Balaban J connectivity index is 4.37. The van der Waals surface area contributed by atoms with Crippen molar-refractivity contribution >= 4 is 17.9 Å². The first-order chi connectivity index (χ1) is 29.5. The van der Waals surface area contributed by atoms with Crippen LogP contribution in [0.3, 0.4) is 0 Å². The molecule has 0 saturated heterocycles. The van der Waals surface area contributed by atoms with Crippen molar-refractivity contribution in [3.63, 3.8) is 0 Å². The van der Waals surface area contributed by atoms with Crippen LogP contribution in [-0.2, 0) is 28.6 Å². The van der Waals surface area contributed by atoms with E-state index in [1.165, 1.54) is 141 Å². The maximum Gasteiger partial charge on any atom is 0.306 e. The summed E-state index contributed by atoms with van der Waals surface area (Å²) in [5.41, 5.74) is 0. The van der Waals surface area contributed by atoms with Crippen molar-refractivity contribution in [2.75, 3.05) is 13.2 Å². The van der Waals surface area contributed by atoms with Gasteiger partial charge in [0.1, 0.15) is 13.2 Å². The molecule has 0 bridgehead atoms. The first-order valence-electron chi connectivity index (χ1n) is 26.0. The summed E-state index contributed by atoms with van der Waals surface area (Å²) >= 11 is 0. The van der Waals surface area contributed by atoms with E-state index in [0.29, 0.717) is 19.3 Å². The van der Waals surface area contributed by atoms with Gasteiger partial charge in [-0.25, -0.2) is 0 Å². The zero-order chi connectivity index (χ0) is 43.7. The van der Waals surface area contributed by atoms with Crippen molar-refractivity contribution in [2.45, 2.75) is 277 Å². The number of allylic oxidation sites excluding steroid dienone is 6. The maximum atomic E-state index is 12.8. The van der Waals surface area contributed by atoms with Gasteiger partial charge in [-0.15, -0.1) is 0 Å². The van der Waals surface area contributed by atoms with E-state index in [-0.39, 0.29) is 31.1 Å². The van der Waals surface area contributed by atoms with Crippen molar-refractivity contribution in [2.24, 2.45) is 0 Å². The van der Waals surface area contributed by atoms with Gasteiger partial charge in [0.2, 0.25) is 0 Å². The lowest BCUT2D eigenvalue weighted by atomic mass is 10.1. The minimum absolute atomic E-state index is 0.0778. The number of carbonyl (C=O) groups is 3. The Kier molecular flexibility index (Phi) is 47.3. The SMILES string of the molecule is CCCCC/C=C\C/C=C\CCCCCCCC(=O)OC(COC(=O)CCCCCCC/C=C\CCCCCCCCC)COC(=O)CCCCCCCCCCCCC. The van der Waals surface area contributed by atoms with Crippen molar-refractivity contribution in [3.05, 3.63) is 36.5 Å². The molecule has 6 nitrogen and oxygen atoms in total. The molecule has 0 rings (SSSR count). The summed E-state index contributed by atoms with van der Waals surface area (Å²) in [6.07, 6.45) is 56.9. The summed E-state index contributed by atoms with van der Waals surface area (Å²) in [6.45, 7) is 6.60. The van der Waals surface area contributed by atoms with Crippen LogP contribution in [-0.4, -0.2) is 37.2 Å². The summed E-state index contributed by atoms with van der Waals surface area (Å²) in [5.74, 6) is -0.892. The van der Waals surface area contributed by atoms with Crippen LogP contribution in [0.2, 0.25) is 0 Å². The molecule has 0 amide bonds. The fourth-order valence-electron chi connectivity index (χ4n) is 7.41. The highest BCUT2D eigenvalue weighted by Gasteiger charge is 2.19. The number of esters is 3. The van der Waals surface area contributed by atoms with E-state index >= 15 is 0 Å². The third-order valence-electron chi connectivity index (χ3n) is 11.4. The first kappa shape index (κ1) is 57.6. The molecule has 1 unspecified atom stereocenters. The summed E-state index contributed by atoms with van der Waals surface area (Å²) in [5, 5.41) is 0. The molecule has 0 aliphatic rings. The highest BCUT2D eigenvalue weighted by molar-refractivity contribution is 5.71. The van der Waals surface area contributed by atoms with E-state index in [4.69, 9.17) is 14.2 Å². The highest BCUT2D eigenvalue weighted by atomic mass is 16.6. The predicted molar refractivity (Wildman–Crippen MR) is 256 cm³/mol. The number of hydrogen-bond donors (Lipinski definition) is 0. The van der Waals surface area contributed by atoms with Gasteiger partial charge in [-0.2, -0.15) is 0 Å². The van der Waals surface area contributed by atoms with E-state index < -0.39 is 6.10 Å². The average molecular weight is 843 g/mol. The number of carbonyl (C=O) groups excluding carboxylic acids is 3. The molecule has 0 aliphatic carbocycles. The Morgan fingerprint density at radius 1 is 0.333 bits per heavy atom. The summed E-state index contributed by atoms with van der Waals surface area (Å²) in [7, 11) is 0. The van der Waals surface area contributed by atoms with Gasteiger partial charge in [0.25, 0.3) is 0 Å². The lowest BCUT2D eigenvalue weighted by Crippen LogP contribution is -2.30. The van der Waals surface area contributed by atoms with Crippen LogP contribution in [0.4, 0.5) is 0 Å². The van der Waals surface area contributed by atoms with Crippen LogP contribution in [0.25, 0.3) is 0 Å². The topological polar surface area (TPSA) is 78.9 Å². The summed E-state index contributed by atoms with van der Waals surface area (Å²) in [4.78, 5) is 37.9. The second kappa shape index (κ2) is 49.3. The quantitative estimate of drug-likeness (QED) is 0.0263. The molecule has 0 spiro atoms. The van der Waals surface area contributed by atoms with Crippen LogP contribution >= 0.6 is 0 Å². The van der Waals surface area contributed by atoms with Gasteiger partial charge >= 0.3 is 17.9 Å². The van der Waals surface area contributed by atoms with Gasteiger partial charge in [0, 0.05) is 19.3 Å². The molecular weight excluding hydrogens is 745 g/mol. The van der Waals surface area contributed by atoms with Gasteiger partial charge in [0.05, 0.1) is 0 Å². The van der Waals surface area contributed by atoms with Gasteiger partial charge in [0.15, 0.2) is 6.10 Å². The monoisotopic (exact) mass is 843 g/mol. The van der Waals surface area contributed by atoms with Crippen molar-refractivity contribution < 1.29 is 28.6 Å². The van der Waals surface area contributed by atoms with Gasteiger partial charge in [-0.3, -0.25) is 14.4 Å². The van der Waals surface area contributed by atoms with Crippen LogP contribution in [0.5, 0.6) is 0 Å². The molecule has 350 valence electrons. The molecule has 0 aromatic carbocycles. The second-order valence-electron chi connectivity index (χ2n) is 17.4. The number of hydrogen-bond acceptors (Lipinski definition) is 6. The molecule has 0 fully saturated rings. The molecule has 0 aliphatic heterocycles. The Morgan fingerprint density at radius 3 is 0.967 bits per heavy atom. The molecule has 1 atom stereocenters. The molecule has 0 heterocycles. The van der Waals surface area contributed by atoms with Gasteiger partial charge in [-0.05, 0) is 77.0 Å². The second-order valence-corrected chi connectivity index (χ2v) is 17.4. The zero-order valence-corrected chi connectivity index (χ0v) is 40.0. The average Bonchev–Trinajstić information content (AvgIpc) is 3.24. The molecule has 0 radical (unpaired) electrons. The fourth-order valence-corrected chi connectivity index (χ4v) is 7.41. The normalized spacial score (nSPS) is 12.2. The third-order valence-corrected chi connectivity index (χ3v) is 11.4. The largest absolute Gasteiger partial charge is 0.462 e. The molecule has 60 heavy (non-hydrogen) atoms. The molecule has 6 heteroatoms. The summed E-state index contributed by atoms with van der Waals surface area (Å²) < 4.78 is 16.8. The minimum Gasteiger partial charge on any atom is -0.462 e. The molecule has 0 saturated carbocycles. The van der Waals surface area contributed by atoms with Crippen LogP contribution in [0.1, 0.15) is 271 Å². The van der Waals surface area contributed by atoms with Crippen LogP contribution in [0.15, 0.2) is 36.5 Å². The highest BCUT2D eigenvalue weighted by Crippen LogP contribution is 2.15. The molecule has 0 aromatic rings. The standard InChI is InChI=1S/C54H98O6/c1-4-7-10-13-16-19-22-24-26-28-29-32-35-38-41-44-47-53(56)59-50-51(49-58-52(55)46-43-40-37-34-31-21-18-15-12-9-6-3)60-54(57)48-45-42-39-36-33-30-27-25-23-20-17-14-11-8-5-2/h17,20,25-28,51H,4-16,18-19,21-24,29-50H2,1-3H3/b20-17-,27-25-,28-26-. The third kappa shape index (κ3) is 46.7. The Hall–Kier alpha value is -2.37. The first-order valence-corrected chi connectivity index (χ1v) is 26.0. The number of unbranched alkanes of at least 4 members (excludes halogenated alkanes) is 30. The van der Waals surface area contributed by atoms with Crippen LogP contribution in [0, 0.1) is 0 Å². The van der Waals surface area contributed by atoms with Gasteiger partial charge < -0.3 is 14.2 Å². The smallest absolute Gasteiger partial charge is 0.306 e. The van der Waals surface area contributed by atoms with E-state index in [1.807, 2.05) is 0 Å². The summed E-state index contributed by atoms with van der Waals surface area (Å²) in [6, 6.07) is 0. The van der Waals surface area contributed by atoms with Crippen molar-refractivity contribution in [3.8, 4) is 0 Å². The number of rotatable bonds is 47. The van der Waals surface area contributed by atoms with Crippen molar-refractivity contribution in [1.29, 1.82) is 0 Å². The predicted octanol–water partition coefficient (Wildman–Crippen LogP) is 16.9. The van der Waals surface area contributed by atoms with E-state index in [0.717, 1.165) is 89.9 Å². The van der Waals surface area contributed by atoms with E-state index in [9.17, 15) is 14.4 Å². The molecule has 0 aromatic heterocycles. The Morgan fingerprint density at radius 2 is 0.600 bits per heavy atom. The number of ether oxygens (including phenoxy) is 3. The van der Waals surface area contributed by atoms with E-state index in [2.05, 4.69) is 57.2 Å². The maximum absolute atomic E-state index is 12.8.